The maximum atomic E-state index is 10.2. The van der Waals surface area contributed by atoms with Gasteiger partial charge in [-0.05, 0) is 25.0 Å². The van der Waals surface area contributed by atoms with Gasteiger partial charge in [-0.2, -0.15) is 0 Å². The summed E-state index contributed by atoms with van der Waals surface area (Å²) in [5, 5.41) is 8.36. The van der Waals surface area contributed by atoms with Gasteiger partial charge in [0.05, 0.1) is 12.3 Å². The van der Waals surface area contributed by atoms with Crippen LogP contribution in [0.2, 0.25) is 0 Å². The minimum absolute atomic E-state index is 0.713. The number of carbonyl (C=O) groups is 1. The highest BCUT2D eigenvalue weighted by Crippen LogP contribution is 2.22. The number of carboxylic acids is 1. The van der Waals surface area contributed by atoms with E-state index in [4.69, 9.17) is 9.84 Å². The molecule has 0 amide bonds. The first-order valence-electron chi connectivity index (χ1n) is 4.23. The van der Waals surface area contributed by atoms with Gasteiger partial charge in [-0.25, -0.2) is 4.79 Å². The molecule has 1 aromatic rings. The molecular formula is C11H12O3. The quantitative estimate of drug-likeness (QED) is 0.590. The summed E-state index contributed by atoms with van der Waals surface area (Å²) in [5.41, 5.74) is 1.97. The van der Waals surface area contributed by atoms with Crippen LogP contribution < -0.4 is 4.74 Å². The van der Waals surface area contributed by atoms with E-state index in [1.54, 1.807) is 0 Å². The summed E-state index contributed by atoms with van der Waals surface area (Å²) in [5.74, 6) is -0.304. The molecule has 1 aromatic carbocycles. The van der Waals surface area contributed by atoms with Gasteiger partial charge in [0.25, 0.3) is 0 Å². The normalized spacial score (nSPS) is 10.4. The first-order chi connectivity index (χ1) is 6.61. The van der Waals surface area contributed by atoms with Crippen LogP contribution in [-0.2, 0) is 4.79 Å². The molecule has 0 aromatic heterocycles. The maximum absolute atomic E-state index is 10.2. The zero-order valence-electron chi connectivity index (χ0n) is 8.15. The molecule has 0 radical (unpaired) electrons. The lowest BCUT2D eigenvalue weighted by Crippen LogP contribution is -1.92. The van der Waals surface area contributed by atoms with Crippen molar-refractivity contribution in [3.8, 4) is 5.75 Å². The van der Waals surface area contributed by atoms with E-state index in [0.717, 1.165) is 17.2 Å². The van der Waals surface area contributed by atoms with Gasteiger partial charge in [-0.1, -0.05) is 18.2 Å². The standard InChI is InChI=1S/C11H12O3/c1-8-4-3-5-9(2)11(8)14-7-6-10(12)13/h3-7H,1-2H3,(H,12,13)/b7-6-. The van der Waals surface area contributed by atoms with Gasteiger partial charge >= 0.3 is 5.97 Å². The molecule has 3 nitrogen and oxygen atoms in total. The Hall–Kier alpha value is -1.77. The van der Waals surface area contributed by atoms with Crippen molar-refractivity contribution in [1.29, 1.82) is 0 Å². The van der Waals surface area contributed by atoms with Crippen molar-refractivity contribution >= 4 is 5.97 Å². The Morgan fingerprint density at radius 2 is 1.93 bits per heavy atom. The van der Waals surface area contributed by atoms with Crippen LogP contribution in [0.15, 0.2) is 30.5 Å². The predicted molar refractivity (Wildman–Crippen MR) is 53.3 cm³/mol. The van der Waals surface area contributed by atoms with E-state index in [1.165, 1.54) is 6.26 Å². The minimum atomic E-state index is -1.02. The molecule has 0 unspecified atom stereocenters. The van der Waals surface area contributed by atoms with Crippen molar-refractivity contribution in [2.24, 2.45) is 0 Å². The van der Waals surface area contributed by atoms with Crippen molar-refractivity contribution in [3.05, 3.63) is 41.7 Å². The smallest absolute Gasteiger partial charge is 0.331 e. The highest BCUT2D eigenvalue weighted by Gasteiger charge is 2.00. The third-order valence-corrected chi connectivity index (χ3v) is 1.81. The molecule has 1 rings (SSSR count). The molecule has 3 heteroatoms. The van der Waals surface area contributed by atoms with Crippen LogP contribution in [0.1, 0.15) is 11.1 Å². The largest absolute Gasteiger partial charge is 0.478 e. The molecule has 0 bridgehead atoms. The van der Waals surface area contributed by atoms with Gasteiger partial charge in [-0.15, -0.1) is 0 Å². The molecular weight excluding hydrogens is 180 g/mol. The molecule has 0 spiro atoms. The van der Waals surface area contributed by atoms with Crippen molar-refractivity contribution in [2.75, 3.05) is 0 Å². The molecule has 1 N–H and O–H groups in total. The lowest BCUT2D eigenvalue weighted by Gasteiger charge is -2.06. The van der Waals surface area contributed by atoms with Crippen molar-refractivity contribution in [3.63, 3.8) is 0 Å². The molecule has 0 fully saturated rings. The molecule has 0 aliphatic rings. The highest BCUT2D eigenvalue weighted by atomic mass is 16.5. The Kier molecular flexibility index (Phi) is 3.29. The van der Waals surface area contributed by atoms with Crippen LogP contribution >= 0.6 is 0 Å². The Morgan fingerprint density at radius 3 is 2.43 bits per heavy atom. The summed E-state index contributed by atoms with van der Waals surface area (Å²) in [6.07, 6.45) is 2.14. The van der Waals surface area contributed by atoms with Crippen LogP contribution in [0.25, 0.3) is 0 Å². The SMILES string of the molecule is Cc1cccc(C)c1O/C=C\C(=O)O. The van der Waals surface area contributed by atoms with Crippen LogP contribution in [0.4, 0.5) is 0 Å². The lowest BCUT2D eigenvalue weighted by molar-refractivity contribution is -0.131. The Labute approximate surface area is 82.6 Å². The zero-order valence-corrected chi connectivity index (χ0v) is 8.15. The molecule has 0 aliphatic heterocycles. The van der Waals surface area contributed by atoms with E-state index < -0.39 is 5.97 Å². The van der Waals surface area contributed by atoms with Gasteiger partial charge in [0.15, 0.2) is 0 Å². The van der Waals surface area contributed by atoms with Crippen LogP contribution in [0, 0.1) is 13.8 Å². The predicted octanol–water partition coefficient (Wildman–Crippen LogP) is 2.28. The third-order valence-electron chi connectivity index (χ3n) is 1.81. The lowest BCUT2D eigenvalue weighted by atomic mass is 10.1. The minimum Gasteiger partial charge on any atom is -0.478 e. The number of carboxylic acid groups (broad SMARTS) is 1. The summed E-state index contributed by atoms with van der Waals surface area (Å²) >= 11 is 0. The number of hydrogen-bond donors (Lipinski definition) is 1. The molecule has 0 saturated heterocycles. The number of aryl methyl sites for hydroxylation is 2. The van der Waals surface area contributed by atoms with Gasteiger partial charge in [0.1, 0.15) is 5.75 Å². The van der Waals surface area contributed by atoms with E-state index in [2.05, 4.69) is 0 Å². The molecule has 74 valence electrons. The summed E-state index contributed by atoms with van der Waals surface area (Å²) < 4.78 is 5.22. The fourth-order valence-corrected chi connectivity index (χ4v) is 1.15. The number of para-hydroxylation sites is 1. The zero-order chi connectivity index (χ0) is 10.6. The van der Waals surface area contributed by atoms with Crippen LogP contribution in [-0.4, -0.2) is 11.1 Å². The number of aliphatic carboxylic acids is 1. The molecule has 14 heavy (non-hydrogen) atoms. The number of hydrogen-bond acceptors (Lipinski definition) is 2. The van der Waals surface area contributed by atoms with Crippen molar-refractivity contribution < 1.29 is 14.6 Å². The third kappa shape index (κ3) is 2.62. The first-order valence-corrected chi connectivity index (χ1v) is 4.23. The second-order valence-electron chi connectivity index (χ2n) is 2.98. The van der Waals surface area contributed by atoms with Gasteiger partial charge in [-0.3, -0.25) is 0 Å². The summed E-state index contributed by atoms with van der Waals surface area (Å²) in [7, 11) is 0. The fraction of sp³-hybridized carbons (Fsp3) is 0.182. The number of ether oxygens (including phenoxy) is 1. The topological polar surface area (TPSA) is 46.5 Å². The number of rotatable bonds is 3. The Morgan fingerprint density at radius 1 is 1.36 bits per heavy atom. The summed E-state index contributed by atoms with van der Waals surface area (Å²) in [4.78, 5) is 10.2. The molecule has 0 saturated carbocycles. The van der Waals surface area contributed by atoms with Gasteiger partial charge in [0, 0.05) is 0 Å². The van der Waals surface area contributed by atoms with Gasteiger partial charge in [0.2, 0.25) is 0 Å². The molecule has 0 atom stereocenters. The average Bonchev–Trinajstić information content (AvgIpc) is 2.09. The molecule has 0 aliphatic carbocycles. The highest BCUT2D eigenvalue weighted by molar-refractivity contribution is 5.79. The Balaban J connectivity index is 2.81. The van der Waals surface area contributed by atoms with E-state index >= 15 is 0 Å². The maximum Gasteiger partial charge on any atom is 0.331 e. The fourth-order valence-electron chi connectivity index (χ4n) is 1.15. The average molecular weight is 192 g/mol. The summed E-state index contributed by atoms with van der Waals surface area (Å²) in [6, 6.07) is 5.76. The Bertz CT molecular complexity index is 347. The first kappa shape index (κ1) is 10.3. The van der Waals surface area contributed by atoms with E-state index in [0.29, 0.717) is 5.75 Å². The summed E-state index contributed by atoms with van der Waals surface area (Å²) in [6.45, 7) is 3.83. The van der Waals surface area contributed by atoms with E-state index in [1.807, 2.05) is 32.0 Å². The van der Waals surface area contributed by atoms with E-state index in [9.17, 15) is 4.79 Å². The van der Waals surface area contributed by atoms with Crippen molar-refractivity contribution in [1.82, 2.24) is 0 Å². The van der Waals surface area contributed by atoms with Crippen LogP contribution in [0.5, 0.6) is 5.75 Å². The second kappa shape index (κ2) is 4.46. The van der Waals surface area contributed by atoms with Crippen LogP contribution in [0.3, 0.4) is 0 Å². The second-order valence-corrected chi connectivity index (χ2v) is 2.98. The monoisotopic (exact) mass is 192 g/mol. The van der Waals surface area contributed by atoms with Gasteiger partial charge < -0.3 is 9.84 Å². The van der Waals surface area contributed by atoms with E-state index in [-0.39, 0.29) is 0 Å². The van der Waals surface area contributed by atoms with Crippen molar-refractivity contribution in [2.45, 2.75) is 13.8 Å². The number of benzene rings is 1. The molecule has 0 heterocycles.